The van der Waals surface area contributed by atoms with Crippen LogP contribution in [0.4, 0.5) is 0 Å². The summed E-state index contributed by atoms with van der Waals surface area (Å²) in [5.41, 5.74) is -0.219. The average Bonchev–Trinajstić information content (AvgIpc) is 2.06. The molecule has 0 bridgehead atoms. The number of hydrogen-bond acceptors (Lipinski definition) is 2. The van der Waals surface area contributed by atoms with Gasteiger partial charge in [-0.3, -0.25) is 4.79 Å². The zero-order valence-electron chi connectivity index (χ0n) is 10.1. The Labute approximate surface area is 87.5 Å². The Morgan fingerprint density at radius 3 is 2.29 bits per heavy atom. The Balaban J connectivity index is 2.70. The number of ketones is 1. The maximum Gasteiger partial charge on any atom is 0.155 e. The third kappa shape index (κ3) is 2.57. The predicted molar refractivity (Wildman–Crippen MR) is 59.2 cm³/mol. The number of piperidine rings is 1. The highest BCUT2D eigenvalue weighted by Crippen LogP contribution is 2.26. The Morgan fingerprint density at radius 1 is 1.21 bits per heavy atom. The van der Waals surface area contributed by atoms with Crippen LogP contribution in [0, 0.1) is 11.3 Å². The summed E-state index contributed by atoms with van der Waals surface area (Å²) in [6, 6.07) is 0.557. The fraction of sp³-hybridized carbons (Fsp3) is 0.917. The lowest BCUT2D eigenvalue weighted by molar-refractivity contribution is -0.130. The van der Waals surface area contributed by atoms with E-state index in [1.807, 2.05) is 20.8 Å². The van der Waals surface area contributed by atoms with Crippen LogP contribution in [-0.4, -0.2) is 17.9 Å². The van der Waals surface area contributed by atoms with Gasteiger partial charge in [0, 0.05) is 11.5 Å². The van der Waals surface area contributed by atoms with E-state index < -0.39 is 0 Å². The van der Waals surface area contributed by atoms with Crippen molar-refractivity contribution in [2.75, 3.05) is 0 Å². The van der Waals surface area contributed by atoms with E-state index in [9.17, 15) is 4.79 Å². The van der Waals surface area contributed by atoms with Crippen LogP contribution in [0.15, 0.2) is 0 Å². The molecule has 1 aliphatic rings. The summed E-state index contributed by atoms with van der Waals surface area (Å²) in [4.78, 5) is 12.1. The molecule has 82 valence electrons. The summed E-state index contributed by atoms with van der Waals surface area (Å²) < 4.78 is 0. The second kappa shape index (κ2) is 4.01. The fourth-order valence-electron chi connectivity index (χ4n) is 2.03. The molecule has 1 heterocycles. The maximum absolute atomic E-state index is 12.1. The molecular formula is C12H23NO. The molecule has 3 unspecified atom stereocenters. The van der Waals surface area contributed by atoms with Crippen molar-refractivity contribution in [3.05, 3.63) is 0 Å². The highest BCUT2D eigenvalue weighted by molar-refractivity contribution is 5.89. The molecule has 0 aromatic carbocycles. The normalized spacial score (nSPS) is 34.2. The Kier molecular flexibility index (Phi) is 3.36. The summed E-state index contributed by atoms with van der Waals surface area (Å²) in [5.74, 6) is 0.842. The van der Waals surface area contributed by atoms with E-state index in [1.54, 1.807) is 0 Å². The average molecular weight is 197 g/mol. The SMILES string of the molecule is CC1CCC(C)C(C(=O)C(C)(C)C)N1. The smallest absolute Gasteiger partial charge is 0.155 e. The van der Waals surface area contributed by atoms with Crippen LogP contribution in [-0.2, 0) is 4.79 Å². The quantitative estimate of drug-likeness (QED) is 0.699. The van der Waals surface area contributed by atoms with Crippen molar-refractivity contribution in [1.82, 2.24) is 5.32 Å². The molecule has 1 aliphatic heterocycles. The summed E-state index contributed by atoms with van der Waals surface area (Å²) in [6.45, 7) is 10.3. The van der Waals surface area contributed by atoms with Gasteiger partial charge in [-0.1, -0.05) is 27.7 Å². The van der Waals surface area contributed by atoms with Gasteiger partial charge in [-0.05, 0) is 25.7 Å². The molecule has 0 spiro atoms. The van der Waals surface area contributed by atoms with E-state index in [4.69, 9.17) is 0 Å². The van der Waals surface area contributed by atoms with Crippen LogP contribution in [0.5, 0.6) is 0 Å². The molecule has 0 radical (unpaired) electrons. The molecule has 0 aliphatic carbocycles. The van der Waals surface area contributed by atoms with E-state index in [0.29, 0.717) is 17.7 Å². The standard InChI is InChI=1S/C12H23NO/c1-8-6-7-9(2)13-10(8)11(14)12(3,4)5/h8-10,13H,6-7H2,1-5H3. The molecule has 1 rings (SSSR count). The fourth-order valence-corrected chi connectivity index (χ4v) is 2.03. The molecule has 14 heavy (non-hydrogen) atoms. The Bertz CT molecular complexity index is 217. The molecule has 3 atom stereocenters. The van der Waals surface area contributed by atoms with Crippen LogP contribution in [0.25, 0.3) is 0 Å². The summed E-state index contributed by atoms with van der Waals surface area (Å²) in [5, 5.41) is 3.42. The van der Waals surface area contributed by atoms with Gasteiger partial charge in [0.1, 0.15) is 0 Å². The zero-order valence-corrected chi connectivity index (χ0v) is 10.1. The minimum atomic E-state index is -0.219. The van der Waals surface area contributed by atoms with Crippen LogP contribution in [0.2, 0.25) is 0 Å². The first-order valence-corrected chi connectivity index (χ1v) is 5.62. The number of hydrogen-bond donors (Lipinski definition) is 1. The summed E-state index contributed by atoms with van der Waals surface area (Å²) in [6.07, 6.45) is 2.36. The molecular weight excluding hydrogens is 174 g/mol. The van der Waals surface area contributed by atoms with E-state index >= 15 is 0 Å². The van der Waals surface area contributed by atoms with Crippen LogP contribution in [0.3, 0.4) is 0 Å². The van der Waals surface area contributed by atoms with Gasteiger partial charge in [-0.25, -0.2) is 0 Å². The van der Waals surface area contributed by atoms with Crippen molar-refractivity contribution in [2.24, 2.45) is 11.3 Å². The molecule has 1 fully saturated rings. The van der Waals surface area contributed by atoms with Gasteiger partial charge >= 0.3 is 0 Å². The second-order valence-corrected chi connectivity index (χ2v) is 5.71. The first-order valence-electron chi connectivity index (χ1n) is 5.62. The molecule has 0 aromatic rings. The van der Waals surface area contributed by atoms with Gasteiger partial charge in [0.15, 0.2) is 5.78 Å². The van der Waals surface area contributed by atoms with Crippen molar-refractivity contribution in [3.63, 3.8) is 0 Å². The highest BCUT2D eigenvalue weighted by atomic mass is 16.1. The van der Waals surface area contributed by atoms with Crippen LogP contribution >= 0.6 is 0 Å². The van der Waals surface area contributed by atoms with Crippen molar-refractivity contribution in [2.45, 2.75) is 59.5 Å². The molecule has 2 heteroatoms. The largest absolute Gasteiger partial charge is 0.305 e. The summed E-state index contributed by atoms with van der Waals surface area (Å²) in [7, 11) is 0. The molecule has 0 saturated carbocycles. The first-order chi connectivity index (χ1) is 6.32. The Hall–Kier alpha value is -0.370. The molecule has 2 nitrogen and oxygen atoms in total. The predicted octanol–water partition coefficient (Wildman–Crippen LogP) is 2.38. The minimum absolute atomic E-state index is 0.0683. The topological polar surface area (TPSA) is 29.1 Å². The third-order valence-electron chi connectivity index (χ3n) is 3.11. The molecule has 0 aromatic heterocycles. The van der Waals surface area contributed by atoms with E-state index in [0.717, 1.165) is 0 Å². The first kappa shape index (κ1) is 11.7. The highest BCUT2D eigenvalue weighted by Gasteiger charge is 2.35. The molecule has 0 amide bonds. The third-order valence-corrected chi connectivity index (χ3v) is 3.11. The van der Waals surface area contributed by atoms with E-state index in [1.165, 1.54) is 12.8 Å². The molecule has 1 N–H and O–H groups in total. The van der Waals surface area contributed by atoms with Crippen LogP contribution < -0.4 is 5.32 Å². The van der Waals surface area contributed by atoms with Gasteiger partial charge in [0.25, 0.3) is 0 Å². The van der Waals surface area contributed by atoms with Gasteiger partial charge in [0.05, 0.1) is 6.04 Å². The lowest BCUT2D eigenvalue weighted by Gasteiger charge is -2.36. The monoisotopic (exact) mass is 197 g/mol. The van der Waals surface area contributed by atoms with Gasteiger partial charge < -0.3 is 5.32 Å². The lowest BCUT2D eigenvalue weighted by atomic mass is 9.78. The van der Waals surface area contributed by atoms with Gasteiger partial charge in [-0.15, -0.1) is 0 Å². The van der Waals surface area contributed by atoms with Crippen molar-refractivity contribution in [3.8, 4) is 0 Å². The van der Waals surface area contributed by atoms with Gasteiger partial charge in [-0.2, -0.15) is 0 Å². The van der Waals surface area contributed by atoms with Crippen molar-refractivity contribution >= 4 is 5.78 Å². The van der Waals surface area contributed by atoms with E-state index in [2.05, 4.69) is 19.2 Å². The Morgan fingerprint density at radius 2 is 1.79 bits per heavy atom. The van der Waals surface area contributed by atoms with Crippen LogP contribution in [0.1, 0.15) is 47.5 Å². The summed E-state index contributed by atoms with van der Waals surface area (Å²) >= 11 is 0. The number of carbonyl (C=O) groups excluding carboxylic acids is 1. The van der Waals surface area contributed by atoms with Crippen molar-refractivity contribution < 1.29 is 4.79 Å². The minimum Gasteiger partial charge on any atom is -0.305 e. The zero-order chi connectivity index (χ0) is 10.9. The lowest BCUT2D eigenvalue weighted by Crippen LogP contribution is -2.53. The number of nitrogens with one attached hydrogen (secondary N) is 1. The maximum atomic E-state index is 12.1. The van der Waals surface area contributed by atoms with E-state index in [-0.39, 0.29) is 11.5 Å². The number of Topliss-reactive ketones (excluding diaryl/α,β-unsaturated/α-hetero) is 1. The molecule has 1 saturated heterocycles. The van der Waals surface area contributed by atoms with Gasteiger partial charge in [0.2, 0.25) is 0 Å². The second-order valence-electron chi connectivity index (χ2n) is 5.71. The van der Waals surface area contributed by atoms with Crippen molar-refractivity contribution in [1.29, 1.82) is 0 Å². The number of rotatable bonds is 1. The number of carbonyl (C=O) groups is 1.